The Morgan fingerprint density at radius 3 is 1.22 bits per heavy atom. The predicted molar refractivity (Wildman–Crippen MR) is 349 cm³/mol. The number of hydrogen-bond donors (Lipinski definition) is 5. The lowest BCUT2D eigenvalue weighted by Gasteiger charge is -2.17. The molecule has 93 heavy (non-hydrogen) atoms. The predicted octanol–water partition coefficient (Wildman–Crippen LogP) is 15.6. The lowest BCUT2D eigenvalue weighted by Crippen LogP contribution is -2.30. The maximum atomic E-state index is 13.9. The first kappa shape index (κ1) is 74.2. The Labute approximate surface area is 554 Å². The molecule has 0 aromatic heterocycles. The van der Waals surface area contributed by atoms with Crippen molar-refractivity contribution in [3.8, 4) is 45.3 Å². The summed E-state index contributed by atoms with van der Waals surface area (Å²) < 4.78 is 98.4. The number of carbonyl (C=O) groups excluding carboxylic acids is 3. The van der Waals surface area contributed by atoms with Gasteiger partial charge in [0.05, 0.1) is 76.9 Å². The van der Waals surface area contributed by atoms with Gasteiger partial charge in [0.25, 0.3) is 0 Å². The molecule has 0 saturated heterocycles. The Kier molecular flexibility index (Phi) is 29.7. The standard InChI is InChI=1S/C19H18F2O3.C19H19FO3.C13H15BrO3.C8H7BrO3.C6H5BF2O2.C5H10O/c1-23-19(22)13-7-9-18(24-14-4-2-3-5-14)15(10-13)12-6-8-16(20)17(21)11-12;1-12-6-7-13(11-17(12)20)16-10-14(19(21)22)8-9-18(16)23-15-4-2-3-5-15;1-16-13(15)9-6-7-12(11(14)8-9)17-10-4-2-3-5-10;1-12-8(11)5-2-3-7(10)6(9)4-5;8-5-2-1-4(7(10)11)3-6(5)9;6-5-3-1-2-4-5/h6-11,14H,2-5H2,1H3;6-11,15H,2-5H2,1H3,(H,21,22);6-8,10H,2-5H2,1H3;2-4,10H,1H3;1-3,10-11H;5-6H,1-4H2. The molecule has 15 nitrogen and oxygen atoms in total. The number of aliphatic hydroxyl groups excluding tert-OH is 1. The molecule has 23 heteroatoms. The minimum atomic E-state index is -1.76. The smallest absolute Gasteiger partial charge is 0.488 e. The average molecular weight is 1420 g/mol. The number of aromatic carboxylic acids is 1. The number of rotatable bonds is 13. The largest absolute Gasteiger partial charge is 0.507 e. The normalized spacial score (nSPS) is 14.4. The molecule has 11 rings (SSSR count). The molecule has 0 aliphatic heterocycles. The molecule has 4 aliphatic carbocycles. The molecule has 7 aromatic rings. The Balaban J connectivity index is 0.000000185. The lowest BCUT2D eigenvalue weighted by atomic mass is 9.80. The number of methoxy groups -OCH3 is 3. The molecule has 0 unspecified atom stereocenters. The van der Waals surface area contributed by atoms with E-state index < -0.39 is 48.3 Å². The van der Waals surface area contributed by atoms with E-state index in [0.717, 1.165) is 118 Å². The van der Waals surface area contributed by atoms with Gasteiger partial charge in [-0.25, -0.2) is 41.1 Å². The lowest BCUT2D eigenvalue weighted by molar-refractivity contribution is 0.0591. The van der Waals surface area contributed by atoms with Crippen LogP contribution >= 0.6 is 31.9 Å². The van der Waals surface area contributed by atoms with E-state index in [1.54, 1.807) is 61.5 Å². The number of carboxylic acid groups (broad SMARTS) is 1. The van der Waals surface area contributed by atoms with Crippen molar-refractivity contribution in [1.82, 2.24) is 0 Å². The molecule has 7 aromatic carbocycles. The fourth-order valence-electron chi connectivity index (χ4n) is 10.2. The van der Waals surface area contributed by atoms with Crippen molar-refractivity contribution >= 4 is 68.3 Å². The summed E-state index contributed by atoms with van der Waals surface area (Å²) in [6.07, 6.45) is 18.4. The number of phenolic OH excluding ortho intramolecular Hbond substituents is 1. The molecule has 5 N–H and O–H groups in total. The van der Waals surface area contributed by atoms with Crippen LogP contribution in [0.5, 0.6) is 23.0 Å². The number of benzene rings is 7. The number of aromatic hydroxyl groups is 1. The molecule has 0 bridgehead atoms. The Bertz CT molecular complexity index is 3630. The van der Waals surface area contributed by atoms with Gasteiger partial charge in [0.1, 0.15) is 28.8 Å². The van der Waals surface area contributed by atoms with Crippen LogP contribution in [0.3, 0.4) is 0 Å². The summed E-state index contributed by atoms with van der Waals surface area (Å²) in [6, 6.07) is 30.5. The van der Waals surface area contributed by atoms with E-state index in [1.807, 2.05) is 6.07 Å². The van der Waals surface area contributed by atoms with Gasteiger partial charge in [-0.3, -0.25) is 0 Å². The van der Waals surface area contributed by atoms with Crippen LogP contribution in [0.4, 0.5) is 22.0 Å². The molecule has 0 heterocycles. The van der Waals surface area contributed by atoms with E-state index in [-0.39, 0.29) is 46.9 Å². The molecule has 0 amide bonds. The van der Waals surface area contributed by atoms with E-state index in [9.17, 15) is 46.2 Å². The van der Waals surface area contributed by atoms with Crippen LogP contribution < -0.4 is 19.7 Å². The monoisotopic (exact) mass is 1420 g/mol. The van der Waals surface area contributed by atoms with Crippen LogP contribution in [-0.2, 0) is 14.2 Å². The highest BCUT2D eigenvalue weighted by Crippen LogP contribution is 2.38. The number of phenols is 1. The number of carboxylic acids is 1. The minimum absolute atomic E-state index is 0.0463. The first-order valence-corrected chi connectivity index (χ1v) is 31.8. The zero-order valence-corrected chi connectivity index (χ0v) is 55.0. The summed E-state index contributed by atoms with van der Waals surface area (Å²) in [5.74, 6) is -4.45. The molecule has 4 aliphatic rings. The highest BCUT2D eigenvalue weighted by molar-refractivity contribution is 9.11. The second kappa shape index (κ2) is 37.2. The van der Waals surface area contributed by atoms with E-state index in [0.29, 0.717) is 66.6 Å². The van der Waals surface area contributed by atoms with E-state index in [1.165, 1.54) is 83.4 Å². The van der Waals surface area contributed by atoms with Gasteiger partial charge in [-0.15, -0.1) is 0 Å². The topological polar surface area (TPSA) is 225 Å². The van der Waals surface area contributed by atoms with Crippen LogP contribution in [-0.4, -0.2) is 102 Å². The second-order valence-electron chi connectivity index (χ2n) is 22.2. The van der Waals surface area contributed by atoms with Crippen molar-refractivity contribution in [2.24, 2.45) is 0 Å². The van der Waals surface area contributed by atoms with Crippen molar-refractivity contribution in [2.45, 2.75) is 134 Å². The van der Waals surface area contributed by atoms with Crippen molar-refractivity contribution in [1.29, 1.82) is 0 Å². The summed E-state index contributed by atoms with van der Waals surface area (Å²) in [4.78, 5) is 45.3. The van der Waals surface area contributed by atoms with Crippen LogP contribution in [0.25, 0.3) is 22.3 Å². The number of esters is 3. The number of halogens is 7. The first-order chi connectivity index (χ1) is 44.5. The third-order valence-corrected chi connectivity index (χ3v) is 16.7. The molecular formula is C70H74BBr2F5O15. The van der Waals surface area contributed by atoms with E-state index >= 15 is 0 Å². The van der Waals surface area contributed by atoms with E-state index in [4.69, 9.17) is 39.2 Å². The third kappa shape index (κ3) is 23.0. The van der Waals surface area contributed by atoms with Crippen molar-refractivity contribution in [3.63, 3.8) is 0 Å². The fourth-order valence-corrected chi connectivity index (χ4v) is 11.1. The molecular weight excluding hydrogens is 1350 g/mol. The second-order valence-corrected chi connectivity index (χ2v) is 23.9. The van der Waals surface area contributed by atoms with Gasteiger partial charge in [0, 0.05) is 11.1 Å². The summed E-state index contributed by atoms with van der Waals surface area (Å²) in [5, 5.41) is 44.1. The number of aryl methyl sites for hydroxylation is 1. The van der Waals surface area contributed by atoms with Crippen molar-refractivity contribution < 1.29 is 94.9 Å². The maximum absolute atomic E-state index is 13.9. The van der Waals surface area contributed by atoms with Crippen LogP contribution in [0.2, 0.25) is 0 Å². The van der Waals surface area contributed by atoms with Crippen LogP contribution in [0, 0.1) is 36.0 Å². The fraction of sp³-hybridized carbons (Fsp3) is 0.343. The Morgan fingerprint density at radius 1 is 0.441 bits per heavy atom. The zero-order chi connectivity index (χ0) is 67.7. The quantitative estimate of drug-likeness (QED) is 0.0313. The Morgan fingerprint density at radius 2 is 0.817 bits per heavy atom. The molecule has 496 valence electrons. The molecule has 0 spiro atoms. The van der Waals surface area contributed by atoms with E-state index in [2.05, 4.69) is 41.3 Å². The maximum Gasteiger partial charge on any atom is 0.488 e. The van der Waals surface area contributed by atoms with Crippen LogP contribution in [0.15, 0.2) is 136 Å². The van der Waals surface area contributed by atoms with Crippen molar-refractivity contribution in [2.75, 3.05) is 21.3 Å². The van der Waals surface area contributed by atoms with Gasteiger partial charge in [0.15, 0.2) is 23.3 Å². The number of ether oxygens (including phenoxy) is 6. The van der Waals surface area contributed by atoms with Gasteiger partial charge in [-0.1, -0.05) is 37.1 Å². The van der Waals surface area contributed by atoms with Gasteiger partial charge >= 0.3 is 31.0 Å². The summed E-state index contributed by atoms with van der Waals surface area (Å²) >= 11 is 6.50. The van der Waals surface area contributed by atoms with Crippen LogP contribution in [0.1, 0.15) is 150 Å². The van der Waals surface area contributed by atoms with Gasteiger partial charge in [-0.2, -0.15) is 0 Å². The molecule has 0 radical (unpaired) electrons. The highest BCUT2D eigenvalue weighted by Gasteiger charge is 2.24. The van der Waals surface area contributed by atoms with Gasteiger partial charge in [-0.05, 0) is 254 Å². The summed E-state index contributed by atoms with van der Waals surface area (Å²) in [5.41, 5.74) is 4.16. The zero-order valence-electron chi connectivity index (χ0n) is 51.8. The summed E-state index contributed by atoms with van der Waals surface area (Å²) in [7, 11) is 2.22. The van der Waals surface area contributed by atoms with Gasteiger partial charge < -0.3 is 53.8 Å². The molecule has 0 atom stereocenters. The van der Waals surface area contributed by atoms with Crippen molar-refractivity contribution in [3.05, 3.63) is 193 Å². The SMILES string of the molecule is COC(=O)c1ccc(O)c(Br)c1.COC(=O)c1ccc(OC2CCCC2)c(-c2ccc(F)c(F)c2)c1.COC(=O)c1ccc(OC2CCCC2)c(Br)c1.Cc1ccc(-c2cc(C(=O)O)ccc2OC2CCCC2)cc1F.OB(O)c1ccc(F)c(F)c1.OC1CCCC1. The third-order valence-electron chi connectivity index (χ3n) is 15.4. The minimum Gasteiger partial charge on any atom is -0.507 e. The van der Waals surface area contributed by atoms with Gasteiger partial charge in [0.2, 0.25) is 0 Å². The first-order valence-electron chi connectivity index (χ1n) is 30.2. The Hall–Kier alpha value is -7.83. The number of hydrogen-bond acceptors (Lipinski definition) is 14. The number of aliphatic hydroxyl groups is 1. The number of carbonyl (C=O) groups is 4. The average Bonchev–Trinajstić information content (AvgIpc) is 1.82. The molecule has 4 saturated carbocycles. The summed E-state index contributed by atoms with van der Waals surface area (Å²) in [6.45, 7) is 1.70. The highest BCUT2D eigenvalue weighted by atomic mass is 79.9. The molecule has 4 fully saturated rings.